The van der Waals surface area contributed by atoms with Crippen LogP contribution in [0.15, 0.2) is 16.9 Å². The van der Waals surface area contributed by atoms with Crippen molar-refractivity contribution in [3.8, 4) is 5.75 Å². The number of ether oxygens (including phenoxy) is 1. The zero-order valence-electron chi connectivity index (χ0n) is 10.9. The topological polar surface area (TPSA) is 90.1 Å². The maximum Gasteiger partial charge on any atom is 0.387 e. The fourth-order valence-corrected chi connectivity index (χ4v) is 2.07. The maximum absolute atomic E-state index is 12.1. The van der Waals surface area contributed by atoms with Gasteiger partial charge in [-0.15, -0.1) is 0 Å². The van der Waals surface area contributed by atoms with Gasteiger partial charge in [0.15, 0.2) is 0 Å². The molecule has 0 bridgehead atoms. The highest BCUT2D eigenvalue weighted by atomic mass is 35.5. The highest BCUT2D eigenvalue weighted by Crippen LogP contribution is 2.41. The molecule has 1 fully saturated rings. The van der Waals surface area contributed by atoms with Gasteiger partial charge in [-0.25, -0.2) is 9.61 Å². The third-order valence-corrected chi connectivity index (χ3v) is 3.25. The molecule has 0 atom stereocenters. The molecule has 0 aromatic carbocycles. The zero-order chi connectivity index (χ0) is 15.7. The second-order valence-corrected chi connectivity index (χ2v) is 5.01. The average molecular weight is 331 g/mol. The van der Waals surface area contributed by atoms with Gasteiger partial charge in [0.05, 0.1) is 11.2 Å². The van der Waals surface area contributed by atoms with E-state index in [2.05, 4.69) is 30.0 Å². The van der Waals surface area contributed by atoms with Crippen LogP contribution in [0.25, 0.3) is 0 Å². The van der Waals surface area contributed by atoms with Crippen LogP contribution in [-0.4, -0.2) is 27.8 Å². The van der Waals surface area contributed by atoms with E-state index in [1.165, 1.54) is 0 Å². The van der Waals surface area contributed by atoms with Gasteiger partial charge in [-0.05, 0) is 18.0 Å². The molecule has 2 heterocycles. The minimum absolute atomic E-state index is 0.125. The van der Waals surface area contributed by atoms with Gasteiger partial charge < -0.3 is 10.1 Å². The van der Waals surface area contributed by atoms with Gasteiger partial charge in [-0.1, -0.05) is 16.8 Å². The number of anilines is 1. The fraction of sp³-hybridized carbons (Fsp3) is 0.333. The van der Waals surface area contributed by atoms with Crippen LogP contribution >= 0.6 is 11.6 Å². The van der Waals surface area contributed by atoms with Crippen LogP contribution in [0.3, 0.4) is 0 Å². The fourth-order valence-electron chi connectivity index (χ4n) is 1.83. The third kappa shape index (κ3) is 3.14. The predicted molar refractivity (Wildman–Crippen MR) is 70.1 cm³/mol. The van der Waals surface area contributed by atoms with Gasteiger partial charge in [0.25, 0.3) is 5.91 Å². The SMILES string of the molecule is O=C(Nc1nonc1C1CC1)c1ncc(OC(F)F)cc1Cl. The largest absolute Gasteiger partial charge is 0.433 e. The van der Waals surface area contributed by atoms with E-state index >= 15 is 0 Å². The van der Waals surface area contributed by atoms with Crippen LogP contribution in [0.4, 0.5) is 14.6 Å². The van der Waals surface area contributed by atoms with Gasteiger partial charge in [-0.3, -0.25) is 4.79 Å². The number of aromatic nitrogens is 3. The van der Waals surface area contributed by atoms with Crippen LogP contribution in [0.2, 0.25) is 5.02 Å². The first-order valence-electron chi connectivity index (χ1n) is 6.28. The van der Waals surface area contributed by atoms with Gasteiger partial charge >= 0.3 is 6.61 Å². The molecule has 1 aliphatic carbocycles. The number of nitrogens with one attached hydrogen (secondary N) is 1. The van der Waals surface area contributed by atoms with Crippen LogP contribution in [0.1, 0.15) is 34.9 Å². The molecule has 1 N–H and O–H groups in total. The van der Waals surface area contributed by atoms with E-state index in [9.17, 15) is 13.6 Å². The Bertz CT molecular complexity index is 705. The molecule has 1 amide bonds. The number of pyridine rings is 1. The molecule has 3 rings (SSSR count). The van der Waals surface area contributed by atoms with Gasteiger partial charge in [0, 0.05) is 12.0 Å². The van der Waals surface area contributed by atoms with E-state index < -0.39 is 12.5 Å². The summed E-state index contributed by atoms with van der Waals surface area (Å²) in [6.45, 7) is -3.00. The molecule has 10 heteroatoms. The minimum atomic E-state index is -3.00. The Labute approximate surface area is 127 Å². The summed E-state index contributed by atoms with van der Waals surface area (Å²) in [6, 6.07) is 1.08. The normalized spacial score (nSPS) is 14.2. The summed E-state index contributed by atoms with van der Waals surface area (Å²) in [5.41, 5.74) is 0.426. The number of alkyl halides is 2. The lowest BCUT2D eigenvalue weighted by molar-refractivity contribution is -0.0500. The highest BCUT2D eigenvalue weighted by molar-refractivity contribution is 6.34. The van der Waals surface area contributed by atoms with Crippen molar-refractivity contribution < 1.29 is 22.9 Å². The number of rotatable bonds is 5. The molecule has 0 aliphatic heterocycles. The lowest BCUT2D eigenvalue weighted by Crippen LogP contribution is -2.16. The molecule has 116 valence electrons. The van der Waals surface area contributed by atoms with Gasteiger partial charge in [-0.2, -0.15) is 8.78 Å². The molecule has 0 unspecified atom stereocenters. The minimum Gasteiger partial charge on any atom is -0.433 e. The monoisotopic (exact) mass is 330 g/mol. The number of nitrogens with zero attached hydrogens (tertiary/aromatic N) is 3. The summed E-state index contributed by atoms with van der Waals surface area (Å²) >= 11 is 5.85. The molecule has 2 aromatic heterocycles. The molecule has 7 nitrogen and oxygen atoms in total. The Balaban J connectivity index is 1.75. The number of hydrogen-bond acceptors (Lipinski definition) is 6. The molecular weight excluding hydrogens is 322 g/mol. The number of carbonyl (C=O) groups excluding carboxylic acids is 1. The Morgan fingerprint density at radius 3 is 2.86 bits per heavy atom. The van der Waals surface area contributed by atoms with Crippen molar-refractivity contribution in [1.82, 2.24) is 15.3 Å². The molecule has 0 saturated heterocycles. The first kappa shape index (κ1) is 14.6. The van der Waals surface area contributed by atoms with Crippen LogP contribution in [-0.2, 0) is 0 Å². The van der Waals surface area contributed by atoms with Gasteiger partial charge in [0.1, 0.15) is 17.1 Å². The first-order chi connectivity index (χ1) is 10.5. The van der Waals surface area contributed by atoms with Crippen molar-refractivity contribution in [2.75, 3.05) is 5.32 Å². The van der Waals surface area contributed by atoms with Crippen molar-refractivity contribution in [2.45, 2.75) is 25.4 Å². The maximum atomic E-state index is 12.1. The second-order valence-electron chi connectivity index (χ2n) is 4.61. The quantitative estimate of drug-likeness (QED) is 0.906. The molecule has 0 radical (unpaired) electrons. The Kier molecular flexibility index (Phi) is 3.88. The van der Waals surface area contributed by atoms with E-state index in [0.29, 0.717) is 5.69 Å². The van der Waals surface area contributed by atoms with Crippen LogP contribution < -0.4 is 10.1 Å². The van der Waals surface area contributed by atoms with E-state index in [-0.39, 0.29) is 28.2 Å². The Morgan fingerprint density at radius 1 is 1.45 bits per heavy atom. The number of hydrogen-bond donors (Lipinski definition) is 1. The lowest BCUT2D eigenvalue weighted by atomic mass is 10.3. The summed E-state index contributed by atoms with van der Waals surface area (Å²) in [5.74, 6) is -0.449. The van der Waals surface area contributed by atoms with Crippen LogP contribution in [0, 0.1) is 0 Å². The van der Waals surface area contributed by atoms with Crippen molar-refractivity contribution in [3.05, 3.63) is 28.7 Å². The number of carbonyl (C=O) groups is 1. The summed E-state index contributed by atoms with van der Waals surface area (Å²) in [7, 11) is 0. The summed E-state index contributed by atoms with van der Waals surface area (Å²) in [4.78, 5) is 15.8. The first-order valence-corrected chi connectivity index (χ1v) is 6.66. The van der Waals surface area contributed by atoms with Crippen molar-refractivity contribution >= 4 is 23.3 Å². The van der Waals surface area contributed by atoms with E-state index in [4.69, 9.17) is 11.6 Å². The average Bonchev–Trinajstić information content (AvgIpc) is 3.18. The summed E-state index contributed by atoms with van der Waals surface area (Å²) in [5, 5.41) is 9.72. The smallest absolute Gasteiger partial charge is 0.387 e. The molecule has 1 saturated carbocycles. The number of amides is 1. The third-order valence-electron chi connectivity index (χ3n) is 2.97. The van der Waals surface area contributed by atoms with Crippen LogP contribution in [0.5, 0.6) is 5.75 Å². The second kappa shape index (κ2) is 5.84. The van der Waals surface area contributed by atoms with E-state index in [1.807, 2.05) is 0 Å². The summed E-state index contributed by atoms with van der Waals surface area (Å²) < 4.78 is 32.9. The zero-order valence-corrected chi connectivity index (χ0v) is 11.7. The molecule has 2 aromatic rings. The standard InChI is InChI=1S/C12H9ClF2N4O3/c13-7-3-6(21-12(14)15)4-16-9(7)11(20)17-10-8(5-1-2-5)18-22-19-10/h3-5,12H,1-2H2,(H,17,19,20). The highest BCUT2D eigenvalue weighted by Gasteiger charge is 2.31. The number of halogens is 3. The molecule has 0 spiro atoms. The van der Waals surface area contributed by atoms with Gasteiger partial charge in [0.2, 0.25) is 5.82 Å². The Morgan fingerprint density at radius 2 is 2.23 bits per heavy atom. The molecular formula is C12H9ClF2N4O3. The Hall–Kier alpha value is -2.29. The van der Waals surface area contributed by atoms with Crippen molar-refractivity contribution in [3.63, 3.8) is 0 Å². The lowest BCUT2D eigenvalue weighted by Gasteiger charge is -2.07. The van der Waals surface area contributed by atoms with Crippen molar-refractivity contribution in [1.29, 1.82) is 0 Å². The van der Waals surface area contributed by atoms with E-state index in [1.54, 1.807) is 0 Å². The summed E-state index contributed by atoms with van der Waals surface area (Å²) in [6.07, 6.45) is 2.89. The van der Waals surface area contributed by atoms with E-state index in [0.717, 1.165) is 25.1 Å². The molecule has 22 heavy (non-hydrogen) atoms. The molecule has 1 aliphatic rings. The predicted octanol–water partition coefficient (Wildman–Crippen LogP) is 2.85. The van der Waals surface area contributed by atoms with Crippen molar-refractivity contribution in [2.24, 2.45) is 0 Å².